The molecule has 2 atom stereocenters. The van der Waals surface area contributed by atoms with Crippen LogP contribution < -0.4 is 0 Å². The monoisotopic (exact) mass is 242 g/mol. The fourth-order valence-electron chi connectivity index (χ4n) is 1.56. The molecule has 1 fully saturated rings. The minimum Gasteiger partial charge on any atom is -0.377 e. The lowest BCUT2D eigenvalue weighted by Gasteiger charge is -2.17. The molecule has 0 radical (unpaired) electrons. The average Bonchev–Trinajstić information content (AvgIpc) is 2.68. The number of hydrogen-bond donors (Lipinski definition) is 0. The van der Waals surface area contributed by atoms with Crippen molar-refractivity contribution in [2.75, 3.05) is 26.0 Å². The molecular formula is C11H18N2O2S. The average molecular weight is 242 g/mol. The Labute approximate surface area is 101 Å². The first-order chi connectivity index (χ1) is 7.65. The molecule has 4 nitrogen and oxygen atoms in total. The van der Waals surface area contributed by atoms with Crippen molar-refractivity contribution >= 4 is 17.7 Å². The van der Waals surface area contributed by atoms with Gasteiger partial charge in [-0.3, -0.25) is 4.79 Å². The second kappa shape index (κ2) is 6.77. The van der Waals surface area contributed by atoms with E-state index in [4.69, 9.17) is 10.00 Å². The molecule has 1 saturated heterocycles. The van der Waals surface area contributed by atoms with E-state index in [1.54, 1.807) is 23.7 Å². The van der Waals surface area contributed by atoms with Crippen LogP contribution in [0.2, 0.25) is 0 Å². The van der Waals surface area contributed by atoms with E-state index in [-0.39, 0.29) is 12.0 Å². The van der Waals surface area contributed by atoms with Crippen molar-refractivity contribution < 1.29 is 9.53 Å². The summed E-state index contributed by atoms with van der Waals surface area (Å²) < 4.78 is 5.43. The molecule has 2 unspecified atom stereocenters. The standard InChI is InChI=1S/C11H18N2O2S/c1-9-10(4-7-15-9)16-8-11(14)13(2)6-3-5-12/h9-10H,3-4,6-8H2,1-2H3. The van der Waals surface area contributed by atoms with Crippen LogP contribution in [-0.4, -0.2) is 48.1 Å². The molecule has 0 saturated carbocycles. The molecule has 0 bridgehead atoms. The summed E-state index contributed by atoms with van der Waals surface area (Å²) in [5, 5.41) is 8.86. The van der Waals surface area contributed by atoms with Gasteiger partial charge in [0.25, 0.3) is 0 Å². The molecule has 1 heterocycles. The van der Waals surface area contributed by atoms with Gasteiger partial charge in [0.2, 0.25) is 5.91 Å². The van der Waals surface area contributed by atoms with Crippen LogP contribution in [0.4, 0.5) is 0 Å². The van der Waals surface area contributed by atoms with E-state index < -0.39 is 0 Å². The SMILES string of the molecule is CC1OCCC1SCC(=O)N(C)CCC#N. The maximum atomic E-state index is 11.7. The number of carbonyl (C=O) groups is 1. The Morgan fingerprint density at radius 2 is 2.44 bits per heavy atom. The largest absolute Gasteiger partial charge is 0.377 e. The Balaban J connectivity index is 2.21. The fraction of sp³-hybridized carbons (Fsp3) is 0.818. The van der Waals surface area contributed by atoms with Gasteiger partial charge in [0.15, 0.2) is 0 Å². The highest BCUT2D eigenvalue weighted by molar-refractivity contribution is 8.00. The Hall–Kier alpha value is -0.730. The van der Waals surface area contributed by atoms with Gasteiger partial charge < -0.3 is 9.64 Å². The third-order valence-electron chi connectivity index (χ3n) is 2.71. The Kier molecular flexibility index (Phi) is 5.64. The third kappa shape index (κ3) is 4.03. The number of ether oxygens (including phenoxy) is 1. The van der Waals surface area contributed by atoms with Gasteiger partial charge in [-0.15, -0.1) is 11.8 Å². The topological polar surface area (TPSA) is 53.3 Å². The van der Waals surface area contributed by atoms with Crippen LogP contribution in [0.25, 0.3) is 0 Å². The number of nitrogens with zero attached hydrogens (tertiary/aromatic N) is 2. The van der Waals surface area contributed by atoms with Crippen molar-refractivity contribution in [3.05, 3.63) is 0 Å². The first-order valence-corrected chi connectivity index (χ1v) is 6.54. The smallest absolute Gasteiger partial charge is 0.232 e. The van der Waals surface area contributed by atoms with Gasteiger partial charge in [-0.1, -0.05) is 0 Å². The molecule has 90 valence electrons. The second-order valence-corrected chi connectivity index (χ2v) is 5.16. The van der Waals surface area contributed by atoms with Gasteiger partial charge >= 0.3 is 0 Å². The van der Waals surface area contributed by atoms with Crippen molar-refractivity contribution in [3.8, 4) is 6.07 Å². The van der Waals surface area contributed by atoms with E-state index in [2.05, 4.69) is 6.92 Å². The molecule has 1 aliphatic heterocycles. The van der Waals surface area contributed by atoms with Crippen molar-refractivity contribution in [2.45, 2.75) is 31.1 Å². The van der Waals surface area contributed by atoms with Crippen LogP contribution >= 0.6 is 11.8 Å². The van der Waals surface area contributed by atoms with Gasteiger partial charge in [-0.2, -0.15) is 5.26 Å². The molecule has 1 rings (SSSR count). The highest BCUT2D eigenvalue weighted by Crippen LogP contribution is 2.26. The van der Waals surface area contributed by atoms with Crippen molar-refractivity contribution in [2.24, 2.45) is 0 Å². The molecule has 16 heavy (non-hydrogen) atoms. The van der Waals surface area contributed by atoms with Gasteiger partial charge in [0.05, 0.1) is 24.3 Å². The summed E-state index contributed by atoms with van der Waals surface area (Å²) in [5.41, 5.74) is 0. The first-order valence-electron chi connectivity index (χ1n) is 5.49. The summed E-state index contributed by atoms with van der Waals surface area (Å²) in [6.07, 6.45) is 1.68. The lowest BCUT2D eigenvalue weighted by Crippen LogP contribution is -2.30. The van der Waals surface area contributed by atoms with E-state index >= 15 is 0 Å². The number of amides is 1. The van der Waals surface area contributed by atoms with Gasteiger partial charge in [-0.25, -0.2) is 0 Å². The van der Waals surface area contributed by atoms with E-state index in [9.17, 15) is 4.79 Å². The van der Waals surface area contributed by atoms with Crippen LogP contribution in [-0.2, 0) is 9.53 Å². The molecule has 0 aromatic carbocycles. The number of thioether (sulfide) groups is 1. The quantitative estimate of drug-likeness (QED) is 0.728. The van der Waals surface area contributed by atoms with Gasteiger partial charge in [0.1, 0.15) is 0 Å². The molecule has 1 aliphatic rings. The summed E-state index contributed by atoms with van der Waals surface area (Å²) in [4.78, 5) is 13.3. The summed E-state index contributed by atoms with van der Waals surface area (Å²) in [7, 11) is 1.74. The van der Waals surface area contributed by atoms with E-state index in [0.717, 1.165) is 13.0 Å². The van der Waals surface area contributed by atoms with Crippen molar-refractivity contribution in [3.63, 3.8) is 0 Å². The van der Waals surface area contributed by atoms with Crippen molar-refractivity contribution in [1.82, 2.24) is 4.90 Å². The predicted molar refractivity (Wildman–Crippen MR) is 64.1 cm³/mol. The number of nitriles is 1. The maximum Gasteiger partial charge on any atom is 0.232 e. The molecule has 0 aliphatic carbocycles. The lowest BCUT2D eigenvalue weighted by molar-refractivity contribution is -0.127. The third-order valence-corrected chi connectivity index (χ3v) is 4.17. The predicted octanol–water partition coefficient (Wildman–Crippen LogP) is 1.27. The van der Waals surface area contributed by atoms with Gasteiger partial charge in [0, 0.05) is 25.4 Å². The molecule has 1 amide bonds. The first kappa shape index (κ1) is 13.3. The summed E-state index contributed by atoms with van der Waals surface area (Å²) >= 11 is 1.66. The van der Waals surface area contributed by atoms with Crippen LogP contribution in [0.15, 0.2) is 0 Å². The molecule has 5 heteroatoms. The zero-order chi connectivity index (χ0) is 12.0. The van der Waals surface area contributed by atoms with E-state index in [1.807, 2.05) is 6.07 Å². The van der Waals surface area contributed by atoms with E-state index in [1.165, 1.54) is 0 Å². The molecule has 0 spiro atoms. The van der Waals surface area contributed by atoms with E-state index in [0.29, 0.717) is 24.0 Å². The summed E-state index contributed by atoms with van der Waals surface area (Å²) in [6.45, 7) is 3.37. The molecule has 0 N–H and O–H groups in total. The normalized spacial score (nSPS) is 24.1. The highest BCUT2D eigenvalue weighted by Gasteiger charge is 2.25. The second-order valence-electron chi connectivity index (χ2n) is 3.94. The van der Waals surface area contributed by atoms with Gasteiger partial charge in [-0.05, 0) is 13.3 Å². The Bertz CT molecular complexity index is 278. The Morgan fingerprint density at radius 3 is 3.00 bits per heavy atom. The summed E-state index contributed by atoms with van der Waals surface area (Å²) in [5.74, 6) is 0.583. The highest BCUT2D eigenvalue weighted by atomic mass is 32.2. The molecule has 0 aromatic rings. The molecule has 0 aromatic heterocycles. The lowest BCUT2D eigenvalue weighted by atomic mass is 10.3. The van der Waals surface area contributed by atoms with Crippen molar-refractivity contribution in [1.29, 1.82) is 5.26 Å². The molecular weight excluding hydrogens is 224 g/mol. The van der Waals surface area contributed by atoms with Crippen LogP contribution in [0.1, 0.15) is 19.8 Å². The fourth-order valence-corrected chi connectivity index (χ4v) is 2.75. The zero-order valence-corrected chi connectivity index (χ0v) is 10.6. The minimum absolute atomic E-state index is 0.0966. The van der Waals surface area contributed by atoms with Crippen LogP contribution in [0.5, 0.6) is 0 Å². The van der Waals surface area contributed by atoms with Crippen LogP contribution in [0, 0.1) is 11.3 Å². The van der Waals surface area contributed by atoms with Crippen LogP contribution in [0.3, 0.4) is 0 Å². The zero-order valence-electron chi connectivity index (χ0n) is 9.81. The number of carbonyl (C=O) groups excluding carboxylic acids is 1. The number of rotatable bonds is 5. The maximum absolute atomic E-state index is 11.7. The number of hydrogen-bond acceptors (Lipinski definition) is 4. The minimum atomic E-state index is 0.0966. The Morgan fingerprint density at radius 1 is 1.69 bits per heavy atom. The summed E-state index contributed by atoms with van der Waals surface area (Å²) in [6, 6.07) is 2.04.